The van der Waals surface area contributed by atoms with Gasteiger partial charge in [0.1, 0.15) is 5.75 Å². The molecule has 0 aliphatic heterocycles. The van der Waals surface area contributed by atoms with E-state index in [-0.39, 0.29) is 64.5 Å². The molecule has 0 fully saturated rings. The molecule has 0 amide bonds. The Kier molecular flexibility index (Phi) is 13.4. The number of phenolic OH excluding ortho intramolecular Hbond substituents is 1. The second-order valence-corrected chi connectivity index (χ2v) is 5.20. The minimum atomic E-state index is -5.14. The maximum Gasteiger partial charge on any atom is 1.00 e. The molecular formula is C10H15Na2O5P. The van der Waals surface area contributed by atoms with E-state index in [9.17, 15) is 0 Å². The van der Waals surface area contributed by atoms with E-state index in [1.807, 2.05) is 12.1 Å². The summed E-state index contributed by atoms with van der Waals surface area (Å²) in [6.45, 7) is 6.46. The van der Waals surface area contributed by atoms with E-state index in [1.54, 1.807) is 12.1 Å². The average Bonchev–Trinajstić information content (AvgIpc) is 1.99. The summed E-state index contributed by atoms with van der Waals surface area (Å²) < 4.78 is 8.66. The SMILES string of the molecule is CC(C)(C)c1ccc(O)cc1.O=P([O-])([O-])O.[Na+].[Na+]. The van der Waals surface area contributed by atoms with Crippen molar-refractivity contribution in [1.82, 2.24) is 0 Å². The van der Waals surface area contributed by atoms with E-state index in [0.29, 0.717) is 5.75 Å². The predicted octanol–water partition coefficient (Wildman–Crippen LogP) is -5.49. The van der Waals surface area contributed by atoms with Crippen molar-refractivity contribution in [3.8, 4) is 5.75 Å². The van der Waals surface area contributed by atoms with Crippen LogP contribution in [0.25, 0.3) is 0 Å². The van der Waals surface area contributed by atoms with E-state index in [0.717, 1.165) is 0 Å². The van der Waals surface area contributed by atoms with Gasteiger partial charge >= 0.3 is 59.1 Å². The molecule has 0 unspecified atom stereocenters. The molecular weight excluding hydrogens is 277 g/mol. The van der Waals surface area contributed by atoms with Crippen LogP contribution in [0.4, 0.5) is 0 Å². The minimum absolute atomic E-state index is 0. The zero-order valence-electron chi connectivity index (χ0n) is 11.4. The van der Waals surface area contributed by atoms with Crippen LogP contribution >= 0.6 is 7.82 Å². The van der Waals surface area contributed by atoms with Crippen LogP contribution in [0.5, 0.6) is 5.75 Å². The summed E-state index contributed by atoms with van der Waals surface area (Å²) in [4.78, 5) is 24.3. The molecule has 0 bridgehead atoms. The van der Waals surface area contributed by atoms with Crippen LogP contribution in [-0.4, -0.2) is 10.00 Å². The standard InChI is InChI=1S/C10H14O.2Na.H3O4P/c1-10(2,3)8-4-6-9(11)7-5-8;;;1-5(2,3)4/h4-7,11H,1-3H3;;;(H3,1,2,3,4)/q;2*+1;/p-2. The molecule has 0 radical (unpaired) electrons. The number of hydrogen-bond donors (Lipinski definition) is 2. The third-order valence-corrected chi connectivity index (χ3v) is 1.73. The summed E-state index contributed by atoms with van der Waals surface area (Å²) in [5.74, 6) is 0.331. The molecule has 1 aromatic carbocycles. The smallest absolute Gasteiger partial charge is 0.790 e. The van der Waals surface area contributed by atoms with E-state index in [2.05, 4.69) is 20.8 Å². The Hall–Kier alpha value is 1.13. The van der Waals surface area contributed by atoms with Crippen molar-refractivity contribution >= 4 is 7.82 Å². The first-order chi connectivity index (χ1) is 7.00. The number of aromatic hydroxyl groups is 1. The zero-order valence-corrected chi connectivity index (χ0v) is 16.3. The third kappa shape index (κ3) is 15.2. The Labute approximate surface area is 151 Å². The Morgan fingerprint density at radius 3 is 1.56 bits per heavy atom. The number of rotatable bonds is 0. The van der Waals surface area contributed by atoms with Crippen molar-refractivity contribution in [3.05, 3.63) is 29.8 Å². The molecule has 92 valence electrons. The maximum absolute atomic E-state index is 9.02. The Bertz CT molecular complexity index is 361. The van der Waals surface area contributed by atoms with Crippen LogP contribution in [0, 0.1) is 0 Å². The molecule has 18 heavy (non-hydrogen) atoms. The van der Waals surface area contributed by atoms with Crippen LogP contribution < -0.4 is 68.9 Å². The number of benzene rings is 1. The zero-order chi connectivity index (χ0) is 13.0. The summed E-state index contributed by atoms with van der Waals surface area (Å²) in [6.07, 6.45) is 0. The predicted molar refractivity (Wildman–Crippen MR) is 56.6 cm³/mol. The first-order valence-electron chi connectivity index (χ1n) is 4.54. The van der Waals surface area contributed by atoms with E-state index in [4.69, 9.17) is 24.4 Å². The number of phenols is 1. The monoisotopic (exact) mass is 292 g/mol. The van der Waals surface area contributed by atoms with Crippen LogP contribution in [0.2, 0.25) is 0 Å². The van der Waals surface area contributed by atoms with Crippen LogP contribution in [-0.2, 0) is 9.98 Å². The van der Waals surface area contributed by atoms with E-state index < -0.39 is 7.82 Å². The van der Waals surface area contributed by atoms with Gasteiger partial charge in [0.05, 0.1) is 7.82 Å². The fourth-order valence-corrected chi connectivity index (χ4v) is 0.961. The summed E-state index contributed by atoms with van der Waals surface area (Å²) in [5, 5.41) is 9.02. The first-order valence-corrected chi connectivity index (χ1v) is 6.04. The van der Waals surface area contributed by atoms with Gasteiger partial charge in [-0.05, 0) is 23.1 Å². The van der Waals surface area contributed by atoms with Crippen molar-refractivity contribution in [2.75, 3.05) is 0 Å². The molecule has 0 saturated carbocycles. The van der Waals surface area contributed by atoms with Crippen LogP contribution in [0.3, 0.4) is 0 Å². The molecule has 0 aliphatic rings. The van der Waals surface area contributed by atoms with Gasteiger partial charge in [0.25, 0.3) is 0 Å². The molecule has 1 rings (SSSR count). The van der Waals surface area contributed by atoms with Gasteiger partial charge in [-0.25, -0.2) is 0 Å². The van der Waals surface area contributed by atoms with Crippen molar-refractivity contribution in [1.29, 1.82) is 0 Å². The fraction of sp³-hybridized carbons (Fsp3) is 0.400. The average molecular weight is 292 g/mol. The molecule has 0 saturated heterocycles. The van der Waals surface area contributed by atoms with Crippen molar-refractivity contribution in [2.45, 2.75) is 26.2 Å². The summed E-state index contributed by atoms with van der Waals surface area (Å²) in [7, 11) is -5.14. The molecule has 0 spiro atoms. The van der Waals surface area contributed by atoms with Crippen molar-refractivity contribution < 1.29 is 83.5 Å². The van der Waals surface area contributed by atoms with Crippen LogP contribution in [0.1, 0.15) is 26.3 Å². The Morgan fingerprint density at radius 2 is 1.33 bits per heavy atom. The summed E-state index contributed by atoms with van der Waals surface area (Å²) >= 11 is 0. The molecule has 0 atom stereocenters. The van der Waals surface area contributed by atoms with Gasteiger partial charge in [0.15, 0.2) is 0 Å². The van der Waals surface area contributed by atoms with Crippen LogP contribution in [0.15, 0.2) is 24.3 Å². The van der Waals surface area contributed by atoms with Crippen molar-refractivity contribution in [2.24, 2.45) is 0 Å². The minimum Gasteiger partial charge on any atom is -0.790 e. The molecule has 2 N–H and O–H groups in total. The van der Waals surface area contributed by atoms with E-state index >= 15 is 0 Å². The second-order valence-electron chi connectivity index (χ2n) is 4.27. The van der Waals surface area contributed by atoms with Gasteiger partial charge in [-0.3, -0.25) is 0 Å². The quantitative estimate of drug-likeness (QED) is 0.367. The van der Waals surface area contributed by atoms with Gasteiger partial charge in [-0.1, -0.05) is 32.9 Å². The molecule has 0 aliphatic carbocycles. The second kappa shape index (κ2) is 9.94. The third-order valence-electron chi connectivity index (χ3n) is 1.73. The van der Waals surface area contributed by atoms with Gasteiger partial charge in [-0.15, -0.1) is 0 Å². The molecule has 1 aromatic rings. The van der Waals surface area contributed by atoms with Gasteiger partial charge in [-0.2, -0.15) is 0 Å². The molecule has 8 heteroatoms. The summed E-state index contributed by atoms with van der Waals surface area (Å²) in [5.41, 5.74) is 1.42. The normalized spacial score (nSPS) is 10.3. The fourth-order valence-electron chi connectivity index (χ4n) is 0.961. The molecule has 0 heterocycles. The Balaban J connectivity index is -0.000000282. The molecule has 0 aromatic heterocycles. The van der Waals surface area contributed by atoms with Gasteiger partial charge in [0, 0.05) is 0 Å². The van der Waals surface area contributed by atoms with Gasteiger partial charge in [0.2, 0.25) is 0 Å². The van der Waals surface area contributed by atoms with Gasteiger partial charge < -0.3 is 24.4 Å². The van der Waals surface area contributed by atoms with E-state index in [1.165, 1.54) is 5.56 Å². The first kappa shape index (κ1) is 24.2. The summed E-state index contributed by atoms with van der Waals surface area (Å²) in [6, 6.07) is 7.35. The topological polar surface area (TPSA) is 104 Å². The number of phosphoric acid groups is 1. The maximum atomic E-state index is 9.02. The molecule has 5 nitrogen and oxygen atoms in total. The van der Waals surface area contributed by atoms with Crippen molar-refractivity contribution in [3.63, 3.8) is 0 Å². The number of hydrogen-bond acceptors (Lipinski definition) is 4. The largest absolute Gasteiger partial charge is 1.00 e. The Morgan fingerprint density at radius 1 is 1.06 bits per heavy atom.